The molecule has 1 aliphatic rings. The van der Waals surface area contributed by atoms with Gasteiger partial charge in [0.05, 0.1) is 6.61 Å². The third kappa shape index (κ3) is 3.15. The van der Waals surface area contributed by atoms with Crippen LogP contribution in [0, 0.1) is 0 Å². The molecule has 1 fully saturated rings. The highest BCUT2D eigenvalue weighted by molar-refractivity contribution is 5.94. The van der Waals surface area contributed by atoms with E-state index in [-0.39, 0.29) is 24.0 Å². The Hall–Kier alpha value is -2.33. The summed E-state index contributed by atoms with van der Waals surface area (Å²) in [6.07, 6.45) is 1.55. The van der Waals surface area contributed by atoms with E-state index in [4.69, 9.17) is 0 Å². The maximum absolute atomic E-state index is 12.4. The SMILES string of the molecule is CN(C)c1ccc(C(=O)NC2CC(CO)(c3ccccc3)C2)cc1. The molecule has 4 heteroatoms. The first kappa shape index (κ1) is 16.5. The highest BCUT2D eigenvalue weighted by Gasteiger charge is 2.45. The van der Waals surface area contributed by atoms with Crippen LogP contribution in [-0.2, 0) is 5.41 Å². The second-order valence-electron chi connectivity index (χ2n) is 6.82. The summed E-state index contributed by atoms with van der Waals surface area (Å²) in [4.78, 5) is 14.4. The quantitative estimate of drug-likeness (QED) is 0.889. The van der Waals surface area contributed by atoms with Gasteiger partial charge in [-0.1, -0.05) is 30.3 Å². The van der Waals surface area contributed by atoms with Crippen molar-refractivity contribution in [1.82, 2.24) is 5.32 Å². The number of carbonyl (C=O) groups excluding carboxylic acids is 1. The molecule has 2 N–H and O–H groups in total. The van der Waals surface area contributed by atoms with Gasteiger partial charge in [-0.05, 0) is 42.7 Å². The van der Waals surface area contributed by atoms with Crippen molar-refractivity contribution in [3.8, 4) is 0 Å². The lowest BCUT2D eigenvalue weighted by Crippen LogP contribution is -2.55. The Kier molecular flexibility index (Phi) is 4.58. The fourth-order valence-electron chi connectivity index (χ4n) is 3.41. The highest BCUT2D eigenvalue weighted by atomic mass is 16.3. The molecule has 1 amide bonds. The molecule has 0 saturated heterocycles. The van der Waals surface area contributed by atoms with Crippen molar-refractivity contribution >= 4 is 11.6 Å². The molecule has 4 nitrogen and oxygen atoms in total. The Morgan fingerprint density at radius 3 is 2.29 bits per heavy atom. The Morgan fingerprint density at radius 2 is 1.75 bits per heavy atom. The van der Waals surface area contributed by atoms with Crippen LogP contribution in [0.2, 0.25) is 0 Å². The molecule has 0 bridgehead atoms. The summed E-state index contributed by atoms with van der Waals surface area (Å²) in [5.41, 5.74) is 2.67. The van der Waals surface area contributed by atoms with Gasteiger partial charge in [-0.2, -0.15) is 0 Å². The van der Waals surface area contributed by atoms with E-state index in [9.17, 15) is 9.90 Å². The van der Waals surface area contributed by atoms with Gasteiger partial charge in [0, 0.05) is 36.8 Å². The lowest BCUT2D eigenvalue weighted by atomic mass is 9.62. The standard InChI is InChI=1S/C20H24N2O2/c1-22(2)18-10-8-15(9-11-18)19(24)21-17-12-20(13-17,14-23)16-6-4-3-5-7-16/h3-11,17,23H,12-14H2,1-2H3,(H,21,24). The Bertz CT molecular complexity index is 689. The zero-order valence-corrected chi connectivity index (χ0v) is 14.2. The van der Waals surface area contributed by atoms with Gasteiger partial charge in [-0.3, -0.25) is 4.79 Å². The minimum atomic E-state index is -0.214. The number of hydrogen-bond acceptors (Lipinski definition) is 3. The third-order valence-corrected chi connectivity index (χ3v) is 4.94. The van der Waals surface area contributed by atoms with Crippen LogP contribution in [0.3, 0.4) is 0 Å². The van der Waals surface area contributed by atoms with Crippen molar-refractivity contribution in [2.45, 2.75) is 24.3 Å². The minimum Gasteiger partial charge on any atom is -0.395 e. The first-order valence-corrected chi connectivity index (χ1v) is 8.29. The van der Waals surface area contributed by atoms with Crippen molar-refractivity contribution in [2.75, 3.05) is 25.6 Å². The molecule has 1 aliphatic carbocycles. The number of benzene rings is 2. The summed E-state index contributed by atoms with van der Waals surface area (Å²) >= 11 is 0. The van der Waals surface area contributed by atoms with Crippen molar-refractivity contribution < 1.29 is 9.90 Å². The van der Waals surface area contributed by atoms with Gasteiger partial charge in [-0.15, -0.1) is 0 Å². The number of aliphatic hydroxyl groups excluding tert-OH is 1. The van der Waals surface area contributed by atoms with E-state index in [1.54, 1.807) is 0 Å². The number of aliphatic hydroxyl groups is 1. The lowest BCUT2D eigenvalue weighted by Gasteiger charge is -2.47. The smallest absolute Gasteiger partial charge is 0.251 e. The predicted octanol–water partition coefficient (Wildman–Crippen LogP) is 2.58. The van der Waals surface area contributed by atoms with Gasteiger partial charge in [0.1, 0.15) is 0 Å². The number of hydrogen-bond donors (Lipinski definition) is 2. The second-order valence-corrected chi connectivity index (χ2v) is 6.82. The van der Waals surface area contributed by atoms with Crippen molar-refractivity contribution in [3.63, 3.8) is 0 Å². The molecule has 0 heterocycles. The van der Waals surface area contributed by atoms with E-state index in [1.807, 2.05) is 73.6 Å². The van der Waals surface area contributed by atoms with Crippen LogP contribution in [0.4, 0.5) is 5.69 Å². The monoisotopic (exact) mass is 324 g/mol. The molecular weight excluding hydrogens is 300 g/mol. The van der Waals surface area contributed by atoms with Gasteiger partial charge in [0.25, 0.3) is 5.91 Å². The van der Waals surface area contributed by atoms with Gasteiger partial charge in [-0.25, -0.2) is 0 Å². The van der Waals surface area contributed by atoms with E-state index >= 15 is 0 Å². The van der Waals surface area contributed by atoms with Crippen molar-refractivity contribution in [3.05, 3.63) is 65.7 Å². The molecule has 1 saturated carbocycles. The summed E-state index contributed by atoms with van der Waals surface area (Å²) in [7, 11) is 3.95. The molecule has 3 rings (SSSR count). The average Bonchev–Trinajstić information content (AvgIpc) is 2.58. The third-order valence-electron chi connectivity index (χ3n) is 4.94. The van der Waals surface area contributed by atoms with Crippen LogP contribution in [0.5, 0.6) is 0 Å². The maximum Gasteiger partial charge on any atom is 0.251 e. The normalized spacial score (nSPS) is 22.5. The van der Waals surface area contributed by atoms with Crippen LogP contribution < -0.4 is 10.2 Å². The molecule has 0 radical (unpaired) electrons. The predicted molar refractivity (Wildman–Crippen MR) is 96.5 cm³/mol. The molecule has 126 valence electrons. The first-order valence-electron chi connectivity index (χ1n) is 8.29. The minimum absolute atomic E-state index is 0.0510. The lowest BCUT2D eigenvalue weighted by molar-refractivity contribution is 0.0701. The number of nitrogens with zero attached hydrogens (tertiary/aromatic N) is 1. The van der Waals surface area contributed by atoms with Crippen LogP contribution in [0.15, 0.2) is 54.6 Å². The first-order chi connectivity index (χ1) is 11.5. The topological polar surface area (TPSA) is 52.6 Å². The van der Waals surface area contributed by atoms with Crippen molar-refractivity contribution in [2.24, 2.45) is 0 Å². The van der Waals surface area contributed by atoms with Crippen LogP contribution >= 0.6 is 0 Å². The van der Waals surface area contributed by atoms with E-state index in [2.05, 4.69) is 5.32 Å². The van der Waals surface area contributed by atoms with Crippen LogP contribution in [0.25, 0.3) is 0 Å². The summed E-state index contributed by atoms with van der Waals surface area (Å²) in [5, 5.41) is 12.9. The number of amides is 1. The second kappa shape index (κ2) is 6.65. The fourth-order valence-corrected chi connectivity index (χ4v) is 3.41. The molecule has 2 aromatic rings. The zero-order valence-electron chi connectivity index (χ0n) is 14.2. The Balaban J connectivity index is 1.61. The number of nitrogens with one attached hydrogen (secondary N) is 1. The van der Waals surface area contributed by atoms with E-state index in [0.29, 0.717) is 5.56 Å². The van der Waals surface area contributed by atoms with Crippen LogP contribution in [-0.4, -0.2) is 37.8 Å². The molecule has 24 heavy (non-hydrogen) atoms. The summed E-state index contributed by atoms with van der Waals surface area (Å²) in [6.45, 7) is 0.112. The maximum atomic E-state index is 12.4. The van der Waals surface area contributed by atoms with Gasteiger partial charge in [0.15, 0.2) is 0 Å². The summed E-state index contributed by atoms with van der Waals surface area (Å²) < 4.78 is 0. The van der Waals surface area contributed by atoms with Gasteiger partial charge in [0.2, 0.25) is 0 Å². The van der Waals surface area contributed by atoms with E-state index in [0.717, 1.165) is 24.1 Å². The molecule has 0 unspecified atom stereocenters. The van der Waals surface area contributed by atoms with Crippen molar-refractivity contribution in [1.29, 1.82) is 0 Å². The molecule has 0 aromatic heterocycles. The zero-order chi connectivity index (χ0) is 17.2. The summed E-state index contributed by atoms with van der Waals surface area (Å²) in [5.74, 6) is -0.0510. The van der Waals surface area contributed by atoms with Gasteiger partial charge < -0.3 is 15.3 Å². The number of anilines is 1. The average molecular weight is 324 g/mol. The summed E-state index contributed by atoms with van der Waals surface area (Å²) in [6, 6.07) is 17.7. The Morgan fingerprint density at radius 1 is 1.12 bits per heavy atom. The number of rotatable bonds is 5. The number of carbonyl (C=O) groups is 1. The fraction of sp³-hybridized carbons (Fsp3) is 0.350. The highest BCUT2D eigenvalue weighted by Crippen LogP contribution is 2.43. The largest absolute Gasteiger partial charge is 0.395 e. The molecule has 0 spiro atoms. The molecule has 2 aromatic carbocycles. The molecule has 0 atom stereocenters. The van der Waals surface area contributed by atoms with E-state index < -0.39 is 0 Å². The Labute approximate surface area is 143 Å². The van der Waals surface area contributed by atoms with Crippen LogP contribution in [0.1, 0.15) is 28.8 Å². The molecule has 0 aliphatic heterocycles. The molecular formula is C20H24N2O2. The van der Waals surface area contributed by atoms with E-state index in [1.165, 1.54) is 0 Å². The van der Waals surface area contributed by atoms with Gasteiger partial charge >= 0.3 is 0 Å².